The van der Waals surface area contributed by atoms with Crippen molar-refractivity contribution in [2.24, 2.45) is 0 Å². The molecule has 0 aromatic heterocycles. The smallest absolute Gasteiger partial charge is 0.234 e. The third-order valence-corrected chi connectivity index (χ3v) is 5.18. The summed E-state index contributed by atoms with van der Waals surface area (Å²) in [5.74, 6) is 0.0586. The molecule has 0 atom stereocenters. The molecule has 4 nitrogen and oxygen atoms in total. The van der Waals surface area contributed by atoms with Gasteiger partial charge in [0, 0.05) is 48.5 Å². The second-order valence-electron chi connectivity index (χ2n) is 6.43. The van der Waals surface area contributed by atoms with E-state index in [1.54, 1.807) is 6.07 Å². The molecule has 26 heavy (non-hydrogen) atoms. The van der Waals surface area contributed by atoms with Crippen molar-refractivity contribution in [1.82, 2.24) is 10.2 Å². The fraction of sp³-hybridized carbons (Fsp3) is 0.350. The number of piperazine rings is 1. The zero-order valence-electron chi connectivity index (χ0n) is 14.6. The lowest BCUT2D eigenvalue weighted by atomic mass is 10.1. The van der Waals surface area contributed by atoms with E-state index >= 15 is 0 Å². The summed E-state index contributed by atoms with van der Waals surface area (Å²) in [6.07, 6.45) is 0.698. The molecule has 3 rings (SSSR count). The number of carbonyl (C=O) groups excluding carboxylic acids is 1. The molecule has 0 unspecified atom stereocenters. The molecule has 0 saturated carbocycles. The number of anilines is 1. The number of para-hydroxylation sites is 1. The molecule has 138 valence electrons. The number of nitrogens with one attached hydrogen (secondary N) is 1. The summed E-state index contributed by atoms with van der Waals surface area (Å²) in [4.78, 5) is 16.7. The van der Waals surface area contributed by atoms with E-state index in [0.717, 1.165) is 31.7 Å². The highest BCUT2D eigenvalue weighted by atomic mass is 35.5. The Kier molecular flexibility index (Phi) is 6.78. The van der Waals surface area contributed by atoms with Gasteiger partial charge in [-0.25, -0.2) is 0 Å². The average Bonchev–Trinajstić information content (AvgIpc) is 2.65. The minimum Gasteiger partial charge on any atom is -0.369 e. The van der Waals surface area contributed by atoms with Crippen LogP contribution < -0.4 is 10.2 Å². The van der Waals surface area contributed by atoms with Crippen LogP contribution >= 0.6 is 23.2 Å². The van der Waals surface area contributed by atoms with Crippen LogP contribution in [0.15, 0.2) is 48.5 Å². The van der Waals surface area contributed by atoms with E-state index in [1.807, 2.05) is 18.2 Å². The molecule has 6 heteroatoms. The van der Waals surface area contributed by atoms with Crippen molar-refractivity contribution in [2.75, 3.05) is 44.2 Å². The van der Waals surface area contributed by atoms with Crippen molar-refractivity contribution >= 4 is 34.8 Å². The first-order chi connectivity index (χ1) is 12.6. The topological polar surface area (TPSA) is 35.6 Å². The molecule has 0 bridgehead atoms. The Labute approximate surface area is 164 Å². The minimum absolute atomic E-state index is 0.0586. The molecule has 1 amide bonds. The molecule has 0 spiro atoms. The molecular weight excluding hydrogens is 369 g/mol. The fourth-order valence-corrected chi connectivity index (χ4v) is 3.63. The Morgan fingerprint density at radius 1 is 1.00 bits per heavy atom. The predicted octanol–water partition coefficient (Wildman–Crippen LogP) is 3.47. The maximum absolute atomic E-state index is 12.2. The molecule has 0 radical (unpaired) electrons. The zero-order chi connectivity index (χ0) is 18.4. The predicted molar refractivity (Wildman–Crippen MR) is 108 cm³/mol. The molecule has 2 aromatic carbocycles. The van der Waals surface area contributed by atoms with E-state index in [1.165, 1.54) is 5.69 Å². The van der Waals surface area contributed by atoms with Crippen LogP contribution in [0.1, 0.15) is 5.56 Å². The third-order valence-electron chi connectivity index (χ3n) is 4.59. The third kappa shape index (κ3) is 5.37. The number of halogens is 2. The van der Waals surface area contributed by atoms with Gasteiger partial charge in [-0.1, -0.05) is 47.5 Å². The van der Waals surface area contributed by atoms with Crippen molar-refractivity contribution in [3.8, 4) is 0 Å². The normalized spacial score (nSPS) is 15.1. The number of nitrogens with zero attached hydrogens (tertiary/aromatic N) is 2. The van der Waals surface area contributed by atoms with Gasteiger partial charge in [0.05, 0.1) is 6.54 Å². The van der Waals surface area contributed by atoms with Crippen LogP contribution in [-0.4, -0.2) is 50.1 Å². The van der Waals surface area contributed by atoms with Crippen LogP contribution in [0, 0.1) is 0 Å². The van der Waals surface area contributed by atoms with Gasteiger partial charge in [-0.05, 0) is 36.2 Å². The van der Waals surface area contributed by atoms with Crippen LogP contribution in [0.25, 0.3) is 0 Å². The minimum atomic E-state index is 0.0586. The van der Waals surface area contributed by atoms with Gasteiger partial charge in [-0.3, -0.25) is 9.69 Å². The van der Waals surface area contributed by atoms with E-state index in [0.29, 0.717) is 29.6 Å². The van der Waals surface area contributed by atoms with Crippen LogP contribution in [0.2, 0.25) is 10.0 Å². The van der Waals surface area contributed by atoms with E-state index in [4.69, 9.17) is 23.2 Å². The Hall–Kier alpha value is -1.75. The Morgan fingerprint density at radius 2 is 1.73 bits per heavy atom. The number of hydrogen-bond donors (Lipinski definition) is 1. The lowest BCUT2D eigenvalue weighted by molar-refractivity contribution is -0.122. The van der Waals surface area contributed by atoms with Gasteiger partial charge in [0.15, 0.2) is 0 Å². The molecule has 1 N–H and O–H groups in total. The molecule has 1 fully saturated rings. The second kappa shape index (κ2) is 9.26. The molecular formula is C20H23Cl2N3O. The summed E-state index contributed by atoms with van der Waals surface area (Å²) in [5.41, 5.74) is 2.24. The maximum Gasteiger partial charge on any atom is 0.234 e. The van der Waals surface area contributed by atoms with E-state index in [9.17, 15) is 4.79 Å². The van der Waals surface area contributed by atoms with Gasteiger partial charge >= 0.3 is 0 Å². The summed E-state index contributed by atoms with van der Waals surface area (Å²) in [7, 11) is 0. The van der Waals surface area contributed by atoms with E-state index in [-0.39, 0.29) is 5.91 Å². The molecule has 2 aromatic rings. The van der Waals surface area contributed by atoms with Crippen molar-refractivity contribution in [2.45, 2.75) is 6.42 Å². The summed E-state index contributed by atoms with van der Waals surface area (Å²) in [6, 6.07) is 15.9. The number of rotatable bonds is 6. The van der Waals surface area contributed by atoms with E-state index in [2.05, 4.69) is 39.4 Å². The second-order valence-corrected chi connectivity index (χ2v) is 7.28. The largest absolute Gasteiger partial charge is 0.369 e. The van der Waals surface area contributed by atoms with Gasteiger partial charge in [-0.2, -0.15) is 0 Å². The molecule has 0 aliphatic carbocycles. The SMILES string of the molecule is O=C(CN1CCN(c2ccccc2)CC1)NCCc1ccc(Cl)cc1Cl. The highest BCUT2D eigenvalue weighted by Crippen LogP contribution is 2.21. The van der Waals surface area contributed by atoms with Gasteiger partial charge in [0.25, 0.3) is 0 Å². The zero-order valence-corrected chi connectivity index (χ0v) is 16.1. The number of hydrogen-bond acceptors (Lipinski definition) is 3. The van der Waals surface area contributed by atoms with Crippen molar-refractivity contribution in [3.05, 3.63) is 64.1 Å². The Bertz CT molecular complexity index is 731. The first-order valence-electron chi connectivity index (χ1n) is 8.85. The van der Waals surface area contributed by atoms with Crippen LogP contribution in [0.4, 0.5) is 5.69 Å². The quantitative estimate of drug-likeness (QED) is 0.818. The van der Waals surface area contributed by atoms with Crippen molar-refractivity contribution in [1.29, 1.82) is 0 Å². The van der Waals surface area contributed by atoms with Crippen LogP contribution in [-0.2, 0) is 11.2 Å². The summed E-state index contributed by atoms with van der Waals surface area (Å²) in [5, 5.41) is 4.24. The average molecular weight is 392 g/mol. The summed E-state index contributed by atoms with van der Waals surface area (Å²) < 4.78 is 0. The van der Waals surface area contributed by atoms with Crippen molar-refractivity contribution < 1.29 is 4.79 Å². The first kappa shape index (κ1) is 19.0. The summed E-state index contributed by atoms with van der Waals surface area (Å²) >= 11 is 12.1. The van der Waals surface area contributed by atoms with Crippen molar-refractivity contribution in [3.63, 3.8) is 0 Å². The number of amides is 1. The lowest BCUT2D eigenvalue weighted by Gasteiger charge is -2.35. The summed E-state index contributed by atoms with van der Waals surface area (Å²) in [6.45, 7) is 4.69. The van der Waals surface area contributed by atoms with Gasteiger partial charge < -0.3 is 10.2 Å². The highest BCUT2D eigenvalue weighted by molar-refractivity contribution is 6.35. The van der Waals surface area contributed by atoms with Gasteiger partial charge in [0.1, 0.15) is 0 Å². The molecule has 1 heterocycles. The standard InChI is InChI=1S/C20H23Cl2N3O/c21-17-7-6-16(19(22)14-17)8-9-23-20(26)15-24-10-12-25(13-11-24)18-4-2-1-3-5-18/h1-7,14H,8-13,15H2,(H,23,26). The number of benzene rings is 2. The van der Waals surface area contributed by atoms with E-state index < -0.39 is 0 Å². The van der Waals surface area contributed by atoms with Crippen LogP contribution in [0.3, 0.4) is 0 Å². The molecule has 1 aliphatic rings. The highest BCUT2D eigenvalue weighted by Gasteiger charge is 2.18. The van der Waals surface area contributed by atoms with Gasteiger partial charge in [-0.15, -0.1) is 0 Å². The number of carbonyl (C=O) groups is 1. The fourth-order valence-electron chi connectivity index (χ4n) is 3.12. The monoisotopic (exact) mass is 391 g/mol. The molecule has 1 saturated heterocycles. The first-order valence-corrected chi connectivity index (χ1v) is 9.60. The van der Waals surface area contributed by atoms with Gasteiger partial charge in [0.2, 0.25) is 5.91 Å². The maximum atomic E-state index is 12.2. The lowest BCUT2D eigenvalue weighted by Crippen LogP contribution is -2.49. The Balaban J connectivity index is 1.38. The van der Waals surface area contributed by atoms with Crippen LogP contribution in [0.5, 0.6) is 0 Å². The Morgan fingerprint density at radius 3 is 2.42 bits per heavy atom. The molecule has 1 aliphatic heterocycles.